The molecule has 1 aromatic heterocycles. The van der Waals surface area contributed by atoms with Gasteiger partial charge in [-0.25, -0.2) is 4.98 Å². The third-order valence-electron chi connectivity index (χ3n) is 9.67. The van der Waals surface area contributed by atoms with Crippen LogP contribution in [0.4, 0.5) is 22.0 Å². The largest absolute Gasteiger partial charge is 0.456 e. The summed E-state index contributed by atoms with van der Waals surface area (Å²) < 4.78 is 70.1. The van der Waals surface area contributed by atoms with Crippen molar-refractivity contribution in [2.45, 2.75) is 96.3 Å². The number of ketones is 1. The molecule has 1 heterocycles. The first-order valence-corrected chi connectivity index (χ1v) is 15.2. The number of carbonyl (C=O) groups is 1. The van der Waals surface area contributed by atoms with E-state index in [-0.39, 0.29) is 18.1 Å². The smallest absolute Gasteiger partial charge is 0.386 e. The highest BCUT2D eigenvalue weighted by atomic mass is 32.1. The van der Waals surface area contributed by atoms with Crippen LogP contribution in [0.2, 0.25) is 0 Å². The molecule has 0 bridgehead atoms. The number of fused-ring (bicyclic) bond motifs is 2. The summed E-state index contributed by atoms with van der Waals surface area (Å²) in [4.78, 5) is 16.7. The maximum absolute atomic E-state index is 14.8. The molecule has 3 aliphatic rings. The topological polar surface area (TPSA) is 50.2 Å². The molecule has 0 radical (unpaired) electrons. The van der Waals surface area contributed by atoms with Crippen LogP contribution in [0.5, 0.6) is 0 Å². The monoisotopic (exact) mass is 593 g/mol. The van der Waals surface area contributed by atoms with Crippen molar-refractivity contribution < 1.29 is 31.9 Å². The number of aromatic nitrogens is 1. The minimum Gasteiger partial charge on any atom is -0.386 e. The molecule has 5 rings (SSSR count). The zero-order chi connectivity index (χ0) is 29.7. The van der Waals surface area contributed by atoms with E-state index in [1.54, 1.807) is 24.3 Å². The summed E-state index contributed by atoms with van der Waals surface area (Å²) in [6.45, 7) is 5.18. The molecule has 222 valence electrons. The molecular weight excluding hydrogens is 557 g/mol. The number of hydrogen-bond acceptors (Lipinski definition) is 4. The Morgan fingerprint density at radius 1 is 1.10 bits per heavy atom. The molecule has 41 heavy (non-hydrogen) atoms. The molecule has 1 fully saturated rings. The van der Waals surface area contributed by atoms with Gasteiger partial charge in [0, 0.05) is 23.1 Å². The molecule has 2 aromatic rings. The molecule has 0 saturated heterocycles. The summed E-state index contributed by atoms with van der Waals surface area (Å²) in [7, 11) is 0. The van der Waals surface area contributed by atoms with Crippen LogP contribution in [0, 0.1) is 24.2 Å². The molecule has 5 atom stereocenters. The number of carbonyl (C=O) groups excluding carboxylic acids is 1. The Labute approximate surface area is 241 Å². The number of thiazole rings is 1. The number of alkyl halides is 5. The van der Waals surface area contributed by atoms with Crippen molar-refractivity contribution in [1.29, 1.82) is 0 Å². The number of rotatable bonds is 7. The zero-order valence-electron chi connectivity index (χ0n) is 23.5. The van der Waals surface area contributed by atoms with E-state index in [1.165, 1.54) is 6.92 Å². The standard InChI is InChI=1S/C32H36F5NO2S/c1-4-27-25-13-10-21-15-23(39)12-14-24(21)28(25)26(16-30(27,3)29(40)31(33,34)32(35,36)37)20-8-5-19(6-9-20)7-11-22-17-41-18(2)38-22/h5-6,8-9,15,17,25-27,29,40H,4,7,10-14,16H2,1-3H3/t25?,26-,27?,29?,30?/m1/s1. The molecule has 1 aromatic carbocycles. The van der Waals surface area contributed by atoms with Crippen LogP contribution >= 0.6 is 11.3 Å². The van der Waals surface area contributed by atoms with E-state index in [0.717, 1.165) is 51.4 Å². The number of aliphatic hydroxyl groups excluding tert-OH is 1. The molecule has 4 unspecified atom stereocenters. The quantitative estimate of drug-likeness (QED) is 0.329. The normalized spacial score (nSPS) is 27.8. The van der Waals surface area contributed by atoms with E-state index in [9.17, 15) is 31.9 Å². The van der Waals surface area contributed by atoms with Crippen molar-refractivity contribution >= 4 is 17.1 Å². The fraction of sp³-hybridized carbons (Fsp3) is 0.562. The summed E-state index contributed by atoms with van der Waals surface area (Å²) in [5.74, 6) is -6.43. The number of hydrogen-bond donors (Lipinski definition) is 1. The van der Waals surface area contributed by atoms with Gasteiger partial charge in [0.15, 0.2) is 5.78 Å². The summed E-state index contributed by atoms with van der Waals surface area (Å²) in [5, 5.41) is 13.9. The van der Waals surface area contributed by atoms with Gasteiger partial charge in [0.25, 0.3) is 0 Å². The van der Waals surface area contributed by atoms with E-state index in [2.05, 4.69) is 4.98 Å². The minimum atomic E-state index is -5.86. The van der Waals surface area contributed by atoms with E-state index < -0.39 is 35.5 Å². The van der Waals surface area contributed by atoms with Gasteiger partial charge in [0.2, 0.25) is 0 Å². The van der Waals surface area contributed by atoms with Crippen LogP contribution in [0.15, 0.2) is 52.4 Å². The van der Waals surface area contributed by atoms with E-state index in [4.69, 9.17) is 0 Å². The molecule has 0 spiro atoms. The van der Waals surface area contributed by atoms with Gasteiger partial charge >= 0.3 is 12.1 Å². The fourth-order valence-corrected chi connectivity index (χ4v) is 8.34. The van der Waals surface area contributed by atoms with Crippen molar-refractivity contribution in [1.82, 2.24) is 4.98 Å². The first-order chi connectivity index (χ1) is 19.3. The lowest BCUT2D eigenvalue weighted by Crippen LogP contribution is -2.59. The number of aryl methyl sites for hydroxylation is 3. The van der Waals surface area contributed by atoms with E-state index >= 15 is 0 Å². The molecule has 0 aliphatic heterocycles. The highest BCUT2D eigenvalue weighted by molar-refractivity contribution is 7.09. The Kier molecular flexibility index (Phi) is 8.09. The van der Waals surface area contributed by atoms with Gasteiger partial charge in [-0.2, -0.15) is 22.0 Å². The number of allylic oxidation sites excluding steroid dienone is 4. The van der Waals surface area contributed by atoms with Gasteiger partial charge in [-0.1, -0.05) is 50.1 Å². The van der Waals surface area contributed by atoms with Crippen molar-refractivity contribution in [3.8, 4) is 0 Å². The van der Waals surface area contributed by atoms with E-state index in [0.29, 0.717) is 32.1 Å². The Balaban J connectivity index is 1.55. The Bertz CT molecular complexity index is 1360. The molecule has 1 saturated carbocycles. The number of aliphatic hydroxyl groups is 1. The summed E-state index contributed by atoms with van der Waals surface area (Å²) in [6.07, 6.45) is -3.13. The predicted molar refractivity (Wildman–Crippen MR) is 149 cm³/mol. The second kappa shape index (κ2) is 11.0. The van der Waals surface area contributed by atoms with Gasteiger partial charge < -0.3 is 5.11 Å². The zero-order valence-corrected chi connectivity index (χ0v) is 24.3. The summed E-state index contributed by atoms with van der Waals surface area (Å²) >= 11 is 1.60. The second-order valence-corrected chi connectivity index (χ2v) is 13.2. The first-order valence-electron chi connectivity index (χ1n) is 14.4. The summed E-state index contributed by atoms with van der Waals surface area (Å²) in [6, 6.07) is 7.87. The van der Waals surface area contributed by atoms with Crippen LogP contribution < -0.4 is 0 Å². The molecule has 9 heteroatoms. The first kappa shape index (κ1) is 30.1. The maximum atomic E-state index is 14.8. The van der Waals surface area contributed by atoms with Gasteiger partial charge in [0.05, 0.1) is 10.7 Å². The van der Waals surface area contributed by atoms with Gasteiger partial charge in [-0.05, 0) is 85.6 Å². The van der Waals surface area contributed by atoms with Gasteiger partial charge in [-0.15, -0.1) is 11.3 Å². The number of benzene rings is 1. The third kappa shape index (κ3) is 5.44. The highest BCUT2D eigenvalue weighted by Crippen LogP contribution is 2.62. The molecule has 1 N–H and O–H groups in total. The predicted octanol–water partition coefficient (Wildman–Crippen LogP) is 8.31. The molecular formula is C32H36F5NO2S. The lowest BCUT2D eigenvalue weighted by molar-refractivity contribution is -0.333. The minimum absolute atomic E-state index is 0.0354. The lowest BCUT2D eigenvalue weighted by Gasteiger charge is -2.56. The van der Waals surface area contributed by atoms with Crippen LogP contribution in [0.3, 0.4) is 0 Å². The van der Waals surface area contributed by atoms with E-state index in [1.807, 2.05) is 36.6 Å². The molecule has 3 nitrogen and oxygen atoms in total. The van der Waals surface area contributed by atoms with Crippen LogP contribution in [0.1, 0.15) is 80.1 Å². The average Bonchev–Trinajstić information content (AvgIpc) is 3.35. The van der Waals surface area contributed by atoms with Crippen molar-refractivity contribution in [2.75, 3.05) is 0 Å². The second-order valence-electron chi connectivity index (χ2n) is 12.1. The maximum Gasteiger partial charge on any atom is 0.456 e. The molecule has 0 amide bonds. The third-order valence-corrected chi connectivity index (χ3v) is 10.5. The summed E-state index contributed by atoms with van der Waals surface area (Å²) in [5.41, 5.74) is 4.35. The Morgan fingerprint density at radius 2 is 1.80 bits per heavy atom. The van der Waals surface area contributed by atoms with Crippen molar-refractivity contribution in [2.24, 2.45) is 17.3 Å². The molecule has 3 aliphatic carbocycles. The van der Waals surface area contributed by atoms with Gasteiger partial charge in [0.1, 0.15) is 6.10 Å². The Hall–Kier alpha value is -2.39. The highest BCUT2D eigenvalue weighted by Gasteiger charge is 2.68. The van der Waals surface area contributed by atoms with Crippen LogP contribution in [0.25, 0.3) is 0 Å². The van der Waals surface area contributed by atoms with Gasteiger partial charge in [-0.3, -0.25) is 4.79 Å². The van der Waals surface area contributed by atoms with Crippen molar-refractivity contribution in [3.63, 3.8) is 0 Å². The average molecular weight is 594 g/mol. The number of halogens is 5. The SMILES string of the molecule is CCC1C2CCC3=CC(=O)CCC3=C2[C@@H](c2ccc(CCc3csc(C)n3)cc2)CC1(C)C(O)C(F)(F)C(F)(F)F. The lowest BCUT2D eigenvalue weighted by atomic mass is 9.50. The number of nitrogens with zero attached hydrogens (tertiary/aromatic N) is 1. The Morgan fingerprint density at radius 3 is 2.41 bits per heavy atom. The fourth-order valence-electron chi connectivity index (χ4n) is 7.70. The van der Waals surface area contributed by atoms with Crippen molar-refractivity contribution in [3.05, 3.63) is 74.3 Å². The van der Waals surface area contributed by atoms with Crippen LogP contribution in [-0.2, 0) is 17.6 Å². The van der Waals surface area contributed by atoms with Crippen LogP contribution in [-0.4, -0.2) is 34.1 Å².